The summed E-state index contributed by atoms with van der Waals surface area (Å²) in [5, 5.41) is 5.27. The molecular formula is C24H23ClN2O3S2. The normalized spacial score (nSPS) is 11.4. The third kappa shape index (κ3) is 6.40. The van der Waals surface area contributed by atoms with Crippen LogP contribution in [-0.4, -0.2) is 13.0 Å². The van der Waals surface area contributed by atoms with Gasteiger partial charge in [-0.05, 0) is 50.2 Å². The van der Waals surface area contributed by atoms with Gasteiger partial charge in [0.25, 0.3) is 5.01 Å². The van der Waals surface area contributed by atoms with E-state index in [1.165, 1.54) is 27.4 Å². The molecule has 0 radical (unpaired) electrons. The molecule has 1 heterocycles. The van der Waals surface area contributed by atoms with Crippen molar-refractivity contribution in [2.24, 2.45) is 0 Å². The maximum atomic E-state index is 10.4. The summed E-state index contributed by atoms with van der Waals surface area (Å²) in [6.45, 7) is 4.89. The smallest absolute Gasteiger partial charge is 0.264 e. The number of fused-ring (bicyclic) bond motifs is 1. The van der Waals surface area contributed by atoms with Crippen molar-refractivity contribution in [3.63, 3.8) is 0 Å². The van der Waals surface area contributed by atoms with Crippen molar-refractivity contribution >= 4 is 55.0 Å². The van der Waals surface area contributed by atoms with Crippen LogP contribution in [0.2, 0.25) is 5.02 Å². The monoisotopic (exact) mass is 486 g/mol. The van der Waals surface area contributed by atoms with E-state index in [1.54, 1.807) is 23.5 Å². The van der Waals surface area contributed by atoms with E-state index >= 15 is 0 Å². The van der Waals surface area contributed by atoms with E-state index in [0.29, 0.717) is 0 Å². The summed E-state index contributed by atoms with van der Waals surface area (Å²) in [7, 11) is -4.27. The number of halogens is 1. The predicted octanol–water partition coefficient (Wildman–Crippen LogP) is 5.84. The highest BCUT2D eigenvalue weighted by molar-refractivity contribution is 7.85. The number of nitrogens with one attached hydrogen (secondary N) is 1. The van der Waals surface area contributed by atoms with Crippen LogP contribution >= 0.6 is 22.9 Å². The molecule has 32 heavy (non-hydrogen) atoms. The Balaban J connectivity index is 0.000000222. The number of rotatable bonds is 5. The first-order valence-electron chi connectivity index (χ1n) is 9.90. The van der Waals surface area contributed by atoms with Crippen LogP contribution in [0.3, 0.4) is 0 Å². The van der Waals surface area contributed by atoms with Crippen molar-refractivity contribution in [1.82, 2.24) is 0 Å². The van der Waals surface area contributed by atoms with E-state index in [1.807, 2.05) is 55.6 Å². The number of benzene rings is 3. The van der Waals surface area contributed by atoms with Crippen LogP contribution in [0.4, 0.5) is 5.69 Å². The largest absolute Gasteiger partial charge is 0.744 e. The van der Waals surface area contributed by atoms with Crippen LogP contribution in [0.25, 0.3) is 16.3 Å². The zero-order valence-corrected chi connectivity index (χ0v) is 20.0. The average Bonchev–Trinajstić information content (AvgIpc) is 3.11. The molecule has 1 aromatic heterocycles. The van der Waals surface area contributed by atoms with Crippen LogP contribution in [0.1, 0.15) is 17.5 Å². The van der Waals surface area contributed by atoms with E-state index in [4.69, 9.17) is 11.6 Å². The number of aromatic nitrogens is 1. The fourth-order valence-corrected chi connectivity index (χ4v) is 4.72. The molecule has 0 saturated heterocycles. The summed E-state index contributed by atoms with van der Waals surface area (Å²) in [4.78, 5) is -0.178. The molecule has 0 fully saturated rings. The van der Waals surface area contributed by atoms with Crippen molar-refractivity contribution in [1.29, 1.82) is 0 Å². The van der Waals surface area contributed by atoms with Crippen molar-refractivity contribution in [3.05, 3.63) is 94.6 Å². The molecule has 1 N–H and O–H groups in total. The number of anilines is 1. The SMILES string of the molecule is CC[n+]1c(/C=C/Nc2ccccc2)sc2ccc(Cl)cc21.Cc1ccc(S(=O)(=O)[O-])cc1. The number of hydrogen-bond acceptors (Lipinski definition) is 5. The number of nitrogens with zero attached hydrogens (tertiary/aromatic N) is 1. The van der Waals surface area contributed by atoms with Crippen molar-refractivity contribution in [3.8, 4) is 0 Å². The second kappa shape index (κ2) is 10.7. The van der Waals surface area contributed by atoms with Gasteiger partial charge in [-0.3, -0.25) is 0 Å². The van der Waals surface area contributed by atoms with Gasteiger partial charge in [0.2, 0.25) is 5.52 Å². The Labute approximate surface area is 197 Å². The van der Waals surface area contributed by atoms with E-state index in [0.717, 1.165) is 22.8 Å². The lowest BCUT2D eigenvalue weighted by Crippen LogP contribution is -2.33. The Bertz CT molecular complexity index is 1320. The number of hydrogen-bond donors (Lipinski definition) is 1. The summed E-state index contributed by atoms with van der Waals surface area (Å²) >= 11 is 7.87. The van der Waals surface area contributed by atoms with Gasteiger partial charge in [0, 0.05) is 29.1 Å². The second-order valence-corrected chi connectivity index (χ2v) is 9.79. The third-order valence-electron chi connectivity index (χ3n) is 4.57. The van der Waals surface area contributed by atoms with Crippen LogP contribution in [0.5, 0.6) is 0 Å². The first-order chi connectivity index (χ1) is 15.3. The molecule has 166 valence electrons. The lowest BCUT2D eigenvalue weighted by atomic mass is 10.2. The Hall–Kier alpha value is -2.71. The lowest BCUT2D eigenvalue weighted by molar-refractivity contribution is -0.665. The van der Waals surface area contributed by atoms with Gasteiger partial charge in [-0.1, -0.05) is 58.8 Å². The fraction of sp³-hybridized carbons (Fsp3) is 0.125. The van der Waals surface area contributed by atoms with Gasteiger partial charge in [-0.15, -0.1) is 0 Å². The minimum Gasteiger partial charge on any atom is -0.744 e. The summed E-state index contributed by atoms with van der Waals surface area (Å²) in [5.74, 6) is 0. The molecule has 3 aromatic carbocycles. The minimum atomic E-state index is -4.27. The molecule has 0 aliphatic rings. The topological polar surface area (TPSA) is 73.1 Å². The molecule has 4 aromatic rings. The van der Waals surface area contributed by atoms with Crippen molar-refractivity contribution in [2.75, 3.05) is 5.32 Å². The molecule has 0 bridgehead atoms. The van der Waals surface area contributed by atoms with Gasteiger partial charge in [0.1, 0.15) is 21.4 Å². The zero-order valence-electron chi connectivity index (χ0n) is 17.7. The van der Waals surface area contributed by atoms with Gasteiger partial charge in [0.15, 0.2) is 0 Å². The molecule has 0 saturated carbocycles. The molecule has 5 nitrogen and oxygen atoms in total. The Morgan fingerprint density at radius 3 is 2.38 bits per heavy atom. The summed E-state index contributed by atoms with van der Waals surface area (Å²) in [5.41, 5.74) is 3.20. The van der Waals surface area contributed by atoms with Gasteiger partial charge >= 0.3 is 0 Å². The van der Waals surface area contributed by atoms with Gasteiger partial charge < -0.3 is 9.87 Å². The van der Waals surface area contributed by atoms with E-state index in [2.05, 4.69) is 29.0 Å². The summed E-state index contributed by atoms with van der Waals surface area (Å²) in [6.07, 6.45) is 4.09. The van der Waals surface area contributed by atoms with E-state index in [9.17, 15) is 13.0 Å². The Morgan fingerprint density at radius 1 is 1.06 bits per heavy atom. The average molecular weight is 487 g/mol. The maximum absolute atomic E-state index is 10.4. The van der Waals surface area contributed by atoms with Crippen LogP contribution in [0.15, 0.2) is 83.9 Å². The predicted molar refractivity (Wildman–Crippen MR) is 131 cm³/mol. The number of aryl methyl sites for hydroxylation is 2. The molecule has 0 aliphatic carbocycles. The van der Waals surface area contributed by atoms with E-state index in [-0.39, 0.29) is 4.90 Å². The summed E-state index contributed by atoms with van der Waals surface area (Å²) < 4.78 is 34.7. The Kier molecular flexibility index (Phi) is 8.04. The van der Waals surface area contributed by atoms with Crippen LogP contribution < -0.4 is 9.88 Å². The lowest BCUT2D eigenvalue weighted by Gasteiger charge is -2.05. The standard InChI is InChI=1S/C17H15ClN2S.C7H8O3S/c1-2-20-15-12-13(18)8-9-16(15)21-17(20)10-11-19-14-6-4-3-5-7-14;1-6-2-4-7(5-3-6)11(8,9)10/h3-12H,2H2,1H3;2-5H,1H3,(H,8,9,10). The zero-order chi connectivity index (χ0) is 23.1. The summed E-state index contributed by atoms with van der Waals surface area (Å²) in [6, 6.07) is 22.0. The molecule has 0 amide bonds. The number of thiazole rings is 1. The first kappa shape index (κ1) is 23.9. The van der Waals surface area contributed by atoms with E-state index < -0.39 is 10.1 Å². The van der Waals surface area contributed by atoms with Gasteiger partial charge in [-0.2, -0.15) is 4.57 Å². The highest BCUT2D eigenvalue weighted by Crippen LogP contribution is 2.24. The first-order valence-corrected chi connectivity index (χ1v) is 12.5. The van der Waals surface area contributed by atoms with Gasteiger partial charge in [-0.25, -0.2) is 8.42 Å². The third-order valence-corrected chi connectivity index (χ3v) is 6.78. The van der Waals surface area contributed by atoms with Crippen LogP contribution in [-0.2, 0) is 16.7 Å². The minimum absolute atomic E-state index is 0.178. The van der Waals surface area contributed by atoms with Crippen LogP contribution in [0, 0.1) is 6.92 Å². The molecular weight excluding hydrogens is 464 g/mol. The highest BCUT2D eigenvalue weighted by Gasteiger charge is 2.16. The molecule has 8 heteroatoms. The quantitative estimate of drug-likeness (QED) is 0.284. The molecule has 0 spiro atoms. The maximum Gasteiger partial charge on any atom is 0.264 e. The molecule has 4 rings (SSSR count). The highest BCUT2D eigenvalue weighted by atomic mass is 35.5. The molecule has 0 aliphatic heterocycles. The molecule has 0 atom stereocenters. The van der Waals surface area contributed by atoms with Crippen molar-refractivity contribution < 1.29 is 17.5 Å². The molecule has 0 unspecified atom stereocenters. The number of para-hydroxylation sites is 1. The second-order valence-electron chi connectivity index (χ2n) is 6.91. The van der Waals surface area contributed by atoms with Gasteiger partial charge in [0.05, 0.1) is 4.90 Å². The Morgan fingerprint density at radius 2 is 1.75 bits per heavy atom. The van der Waals surface area contributed by atoms with Crippen molar-refractivity contribution in [2.45, 2.75) is 25.3 Å². The fourth-order valence-electron chi connectivity index (χ4n) is 2.97.